The summed E-state index contributed by atoms with van der Waals surface area (Å²) in [5.41, 5.74) is 5.71. The minimum Gasteiger partial charge on any atom is -0.482 e. The number of benzene rings is 1. The van der Waals surface area contributed by atoms with Crippen molar-refractivity contribution in [3.05, 3.63) is 58.2 Å². The van der Waals surface area contributed by atoms with E-state index in [0.717, 1.165) is 16.8 Å². The van der Waals surface area contributed by atoms with Crippen LogP contribution in [0.1, 0.15) is 49.6 Å². The fourth-order valence-electron chi connectivity index (χ4n) is 2.79. The molecule has 1 aliphatic heterocycles. The van der Waals surface area contributed by atoms with E-state index in [1.54, 1.807) is 0 Å². The van der Waals surface area contributed by atoms with Gasteiger partial charge in [-0.2, -0.15) is 5.10 Å². The molecule has 0 spiro atoms. The Balaban J connectivity index is 1.79. The van der Waals surface area contributed by atoms with Gasteiger partial charge in [-0.15, -0.1) is 0 Å². The molecular weight excluding hydrogens is 428 g/mol. The number of hydrogen-bond acceptors (Lipinski definition) is 5. The van der Waals surface area contributed by atoms with Gasteiger partial charge in [0, 0.05) is 43.7 Å². The van der Waals surface area contributed by atoms with E-state index >= 15 is 0 Å². The Morgan fingerprint density at radius 3 is 3.00 bits per heavy atom. The molecule has 1 atom stereocenters. The number of nitrogen functional groups attached to an aromatic ring is 1. The van der Waals surface area contributed by atoms with Crippen LogP contribution in [-0.4, -0.2) is 27.9 Å². The summed E-state index contributed by atoms with van der Waals surface area (Å²) in [6, 6.07) is 0.818. The maximum Gasteiger partial charge on any atom is 0.166 e. The first-order valence-electron chi connectivity index (χ1n) is 13.2. The number of hydrogen-bond donors (Lipinski definition) is 2. The van der Waals surface area contributed by atoms with E-state index in [0.29, 0.717) is 0 Å². The molecule has 0 saturated carbocycles. The largest absolute Gasteiger partial charge is 0.482 e. The van der Waals surface area contributed by atoms with Gasteiger partial charge in [-0.05, 0) is 50.9 Å². The van der Waals surface area contributed by atoms with Crippen LogP contribution in [0.5, 0.6) is 5.75 Å². The molecule has 0 radical (unpaired) electrons. The van der Waals surface area contributed by atoms with Crippen molar-refractivity contribution in [3.63, 3.8) is 0 Å². The van der Waals surface area contributed by atoms with E-state index in [9.17, 15) is 4.39 Å². The lowest BCUT2D eigenvalue weighted by Crippen LogP contribution is -2.29. The lowest BCUT2D eigenvalue weighted by atomic mass is 10.1. The zero-order chi connectivity index (χ0) is 29.1. The van der Waals surface area contributed by atoms with Crippen molar-refractivity contribution in [3.8, 4) is 16.9 Å². The maximum absolute atomic E-state index is 14.2. The highest BCUT2D eigenvalue weighted by Crippen LogP contribution is 2.37. The van der Waals surface area contributed by atoms with Gasteiger partial charge in [0.25, 0.3) is 0 Å². The second-order valence-electron chi connectivity index (χ2n) is 6.27. The van der Waals surface area contributed by atoms with Crippen LogP contribution in [0.4, 0.5) is 10.2 Å². The molecule has 1 saturated heterocycles. The average molecular weight is 459 g/mol. The van der Waals surface area contributed by atoms with Gasteiger partial charge in [-0.3, -0.25) is 4.68 Å². The number of nitrogens with two attached hydrogens (primary N) is 1. The van der Waals surface area contributed by atoms with E-state index in [1.807, 2.05) is 0 Å². The molecule has 3 aromatic rings. The van der Waals surface area contributed by atoms with Gasteiger partial charge >= 0.3 is 0 Å². The molecule has 0 unspecified atom stereocenters. The van der Waals surface area contributed by atoms with Crippen LogP contribution in [0.15, 0.2) is 36.8 Å². The SMILES string of the molecule is [2H]c1nc(N)c(O[C@@H](c2c(Cl)ccc(F)c2Cl)C([2H])([2H])[2H])cc1-c1cnn(C2([2H])C([2H])([2H])CNCC2([2H])[2H])c1. The summed E-state index contributed by atoms with van der Waals surface area (Å²) in [5, 5.41) is 5.94. The van der Waals surface area contributed by atoms with Crippen molar-refractivity contribution in [2.45, 2.75) is 31.7 Å². The van der Waals surface area contributed by atoms with Gasteiger partial charge in [0.1, 0.15) is 11.9 Å². The molecule has 0 aliphatic carbocycles. The summed E-state index contributed by atoms with van der Waals surface area (Å²) >= 11 is 12.2. The van der Waals surface area contributed by atoms with Crippen molar-refractivity contribution in [1.29, 1.82) is 0 Å². The summed E-state index contributed by atoms with van der Waals surface area (Å²) in [5.74, 6) is -1.59. The molecule has 1 fully saturated rings. The first-order chi connectivity index (χ1) is 17.9. The Labute approximate surface area is 196 Å². The van der Waals surface area contributed by atoms with Crippen molar-refractivity contribution in [2.24, 2.45) is 0 Å². The van der Waals surface area contributed by atoms with E-state index in [4.69, 9.17) is 46.0 Å². The van der Waals surface area contributed by atoms with Crippen molar-refractivity contribution in [2.75, 3.05) is 18.8 Å². The predicted molar refractivity (Wildman–Crippen MR) is 116 cm³/mol. The Hall–Kier alpha value is -2.35. The molecule has 2 aromatic heterocycles. The fourth-order valence-corrected chi connectivity index (χ4v) is 3.36. The maximum atomic E-state index is 14.2. The molecule has 0 amide bonds. The fraction of sp³-hybridized carbons (Fsp3) is 0.333. The van der Waals surface area contributed by atoms with E-state index in [1.165, 1.54) is 18.5 Å². The number of halogens is 3. The molecule has 3 N–H and O–H groups in total. The Bertz CT molecular complexity index is 1400. The molecule has 4 rings (SSSR count). The molecule has 1 aliphatic rings. The van der Waals surface area contributed by atoms with Crippen LogP contribution in [-0.2, 0) is 0 Å². The van der Waals surface area contributed by atoms with Gasteiger partial charge in [-0.25, -0.2) is 9.37 Å². The summed E-state index contributed by atoms with van der Waals surface area (Å²) < 4.78 is 94.7. The number of anilines is 1. The zero-order valence-electron chi connectivity index (χ0n) is 24.3. The monoisotopic (exact) mass is 458 g/mol. The Morgan fingerprint density at radius 2 is 2.23 bits per heavy atom. The molecular formula is C21H22Cl2FN5O. The number of pyridine rings is 1. The third-order valence-electron chi connectivity index (χ3n) is 4.30. The van der Waals surface area contributed by atoms with Gasteiger partial charge in [0.05, 0.1) is 20.0 Å². The van der Waals surface area contributed by atoms with E-state index in [-0.39, 0.29) is 52.5 Å². The van der Waals surface area contributed by atoms with Gasteiger partial charge in [0.2, 0.25) is 0 Å². The highest BCUT2D eigenvalue weighted by molar-refractivity contribution is 6.36. The van der Waals surface area contributed by atoms with Gasteiger partial charge < -0.3 is 15.8 Å². The lowest BCUT2D eigenvalue weighted by molar-refractivity contribution is 0.227. The molecule has 6 nitrogen and oxygen atoms in total. The molecule has 3 heterocycles. The third kappa shape index (κ3) is 4.24. The first kappa shape index (κ1) is 12.5. The standard InChI is InChI=1S/C21H22Cl2FN5O/c1-12(19-16(22)2-3-17(24)20(19)23)30-18-8-13(9-27-21(18)25)14-10-28-29(11-14)15-4-6-26-7-5-15/h2-3,8-12,15,26H,4-7H2,1H3,(H2,25,27)/t12-/m1/s1/i1D3,4D2,5D2,9D,15D. The second-order valence-corrected chi connectivity index (χ2v) is 7.05. The predicted octanol–water partition coefficient (Wildman–Crippen LogP) is 5.04. The van der Waals surface area contributed by atoms with Crippen LogP contribution in [0, 0.1) is 5.82 Å². The van der Waals surface area contributed by atoms with E-state index < -0.39 is 42.6 Å². The number of piperidine rings is 1. The number of aromatic nitrogens is 3. The first-order valence-corrected chi connectivity index (χ1v) is 9.50. The van der Waals surface area contributed by atoms with Crippen LogP contribution in [0.2, 0.25) is 10.0 Å². The Kier molecular flexibility index (Phi) is 3.66. The third-order valence-corrected chi connectivity index (χ3v) is 5.01. The number of rotatable bonds is 5. The van der Waals surface area contributed by atoms with Crippen LogP contribution in [0.3, 0.4) is 0 Å². The number of nitrogens with one attached hydrogen (secondary N) is 1. The van der Waals surface area contributed by atoms with Gasteiger partial charge in [-0.1, -0.05) is 23.2 Å². The molecule has 9 heteroatoms. The summed E-state index contributed by atoms with van der Waals surface area (Å²) in [6.45, 7) is -3.49. The lowest BCUT2D eigenvalue weighted by Gasteiger charge is -2.22. The highest BCUT2D eigenvalue weighted by atomic mass is 35.5. The van der Waals surface area contributed by atoms with Crippen molar-refractivity contribution >= 4 is 29.0 Å². The van der Waals surface area contributed by atoms with Gasteiger partial charge in [0.15, 0.2) is 11.6 Å². The van der Waals surface area contributed by atoms with Crippen LogP contribution >= 0.6 is 23.2 Å². The van der Waals surface area contributed by atoms with E-state index in [2.05, 4.69) is 15.4 Å². The number of nitrogens with zero attached hydrogens (tertiary/aromatic N) is 3. The molecule has 30 heavy (non-hydrogen) atoms. The van der Waals surface area contributed by atoms with Crippen LogP contribution < -0.4 is 15.8 Å². The summed E-state index contributed by atoms with van der Waals surface area (Å²) in [7, 11) is 0. The molecule has 1 aromatic carbocycles. The molecule has 0 bridgehead atoms. The normalized spacial score (nSPS) is 25.1. The summed E-state index contributed by atoms with van der Waals surface area (Å²) in [6.07, 6.45) is -4.64. The smallest absolute Gasteiger partial charge is 0.166 e. The minimum atomic E-state index is -2.90. The second kappa shape index (κ2) is 8.79. The zero-order valence-corrected chi connectivity index (χ0v) is 16.9. The quantitative estimate of drug-likeness (QED) is 0.523. The Morgan fingerprint density at radius 1 is 1.43 bits per heavy atom. The highest BCUT2D eigenvalue weighted by Gasteiger charge is 2.21. The van der Waals surface area contributed by atoms with Crippen molar-refractivity contribution < 1.29 is 21.5 Å². The molecule has 158 valence electrons. The van der Waals surface area contributed by atoms with Crippen LogP contribution in [0.25, 0.3) is 11.1 Å². The van der Waals surface area contributed by atoms with Crippen molar-refractivity contribution in [1.82, 2.24) is 20.1 Å². The number of ether oxygens (including phenoxy) is 1. The topological polar surface area (TPSA) is 78.0 Å². The summed E-state index contributed by atoms with van der Waals surface area (Å²) in [4.78, 5) is 3.89. The minimum absolute atomic E-state index is 0.00448. The average Bonchev–Trinajstić information content (AvgIpc) is 3.30.